The molecule has 0 amide bonds. The molecule has 1 aromatic carbocycles. The molecule has 1 fully saturated rings. The second-order valence-electron chi connectivity index (χ2n) is 7.02. The monoisotopic (exact) mass is 355 g/mol. The van der Waals surface area contributed by atoms with Crippen LogP contribution < -0.4 is 0 Å². The first-order chi connectivity index (χ1) is 12.6. The van der Waals surface area contributed by atoms with Crippen molar-refractivity contribution in [2.45, 2.75) is 18.8 Å². The third-order valence-corrected chi connectivity index (χ3v) is 5.47. The summed E-state index contributed by atoms with van der Waals surface area (Å²) in [6, 6.07) is 6.42. The highest BCUT2D eigenvalue weighted by atomic mass is 19.2. The molecular weight excluding hydrogens is 336 g/mol. The van der Waals surface area contributed by atoms with Crippen molar-refractivity contribution >= 4 is 11.5 Å². The molecule has 1 saturated heterocycles. The van der Waals surface area contributed by atoms with E-state index in [2.05, 4.69) is 33.2 Å². The van der Waals surface area contributed by atoms with Gasteiger partial charge in [-0.05, 0) is 39.0 Å². The summed E-state index contributed by atoms with van der Waals surface area (Å²) in [6.07, 6.45) is 3.36. The number of nitrogens with one attached hydrogen (secondary N) is 1. The molecule has 26 heavy (non-hydrogen) atoms. The second-order valence-corrected chi connectivity index (χ2v) is 7.02. The first-order valence-corrected chi connectivity index (χ1v) is 8.74. The van der Waals surface area contributed by atoms with Gasteiger partial charge in [-0.15, -0.1) is 0 Å². The minimum atomic E-state index is -0.910. The van der Waals surface area contributed by atoms with Crippen molar-refractivity contribution < 1.29 is 8.78 Å². The Morgan fingerprint density at radius 3 is 2.73 bits per heavy atom. The number of likely N-dealkylation sites (tertiary alicyclic amines) is 1. The molecule has 0 bridgehead atoms. The van der Waals surface area contributed by atoms with Gasteiger partial charge in [-0.1, -0.05) is 12.1 Å². The number of piperidine rings is 1. The van der Waals surface area contributed by atoms with Gasteiger partial charge in [-0.2, -0.15) is 10.4 Å². The molecule has 3 heterocycles. The van der Waals surface area contributed by atoms with E-state index in [-0.39, 0.29) is 11.5 Å². The summed E-state index contributed by atoms with van der Waals surface area (Å²) in [7, 11) is 2.07. The molecule has 1 aromatic heterocycles. The molecule has 5 nitrogen and oxygen atoms in total. The van der Waals surface area contributed by atoms with Crippen molar-refractivity contribution in [1.29, 1.82) is 5.26 Å². The highest BCUT2D eigenvalue weighted by Crippen LogP contribution is 2.44. The molecule has 0 spiro atoms. The van der Waals surface area contributed by atoms with Crippen LogP contribution in [0.25, 0.3) is 0 Å². The van der Waals surface area contributed by atoms with Gasteiger partial charge < -0.3 is 4.90 Å². The first kappa shape index (κ1) is 16.9. The zero-order valence-electron chi connectivity index (χ0n) is 14.4. The fourth-order valence-corrected chi connectivity index (χ4v) is 4.05. The van der Waals surface area contributed by atoms with Gasteiger partial charge in [0, 0.05) is 28.7 Å². The van der Waals surface area contributed by atoms with Crippen molar-refractivity contribution in [2.75, 3.05) is 20.1 Å². The van der Waals surface area contributed by atoms with Gasteiger partial charge in [-0.25, -0.2) is 13.8 Å². The van der Waals surface area contributed by atoms with E-state index >= 15 is 0 Å². The minimum absolute atomic E-state index is 0.159. The van der Waals surface area contributed by atoms with E-state index in [0.717, 1.165) is 37.7 Å². The Bertz CT molecular complexity index is 890. The lowest BCUT2D eigenvalue weighted by atomic mass is 9.73. The van der Waals surface area contributed by atoms with Crippen LogP contribution in [0.5, 0.6) is 0 Å². The number of halogens is 2. The van der Waals surface area contributed by atoms with Crippen molar-refractivity contribution in [3.05, 3.63) is 47.2 Å². The summed E-state index contributed by atoms with van der Waals surface area (Å²) >= 11 is 0. The molecule has 0 aliphatic carbocycles. The number of H-pyrrole nitrogens is 1. The van der Waals surface area contributed by atoms with Crippen molar-refractivity contribution in [3.8, 4) is 6.07 Å². The van der Waals surface area contributed by atoms with E-state index < -0.39 is 23.5 Å². The summed E-state index contributed by atoms with van der Waals surface area (Å²) in [6.45, 7) is 1.85. The summed E-state index contributed by atoms with van der Waals surface area (Å²) in [5.41, 5.74) is 1.57. The number of fused-ring (bicyclic) bond motifs is 1. The molecule has 2 aliphatic rings. The van der Waals surface area contributed by atoms with Crippen LogP contribution >= 0.6 is 0 Å². The molecule has 2 atom stereocenters. The van der Waals surface area contributed by atoms with E-state index in [4.69, 9.17) is 0 Å². The van der Waals surface area contributed by atoms with E-state index in [9.17, 15) is 14.0 Å². The Morgan fingerprint density at radius 2 is 2.00 bits per heavy atom. The van der Waals surface area contributed by atoms with Gasteiger partial charge in [0.1, 0.15) is 0 Å². The van der Waals surface area contributed by atoms with Crippen molar-refractivity contribution in [2.24, 2.45) is 16.8 Å². The number of aromatic amines is 1. The number of hydrogen-bond donors (Lipinski definition) is 1. The van der Waals surface area contributed by atoms with Crippen LogP contribution in [0.3, 0.4) is 0 Å². The predicted octanol–water partition coefficient (Wildman–Crippen LogP) is 3.39. The number of benzene rings is 1. The molecule has 7 heteroatoms. The minimum Gasteiger partial charge on any atom is -0.306 e. The smallest absolute Gasteiger partial charge is 0.162 e. The second kappa shape index (κ2) is 6.61. The molecule has 134 valence electrons. The number of hydrogen-bond acceptors (Lipinski definition) is 4. The average molecular weight is 355 g/mol. The quantitative estimate of drug-likeness (QED) is 0.898. The predicted molar refractivity (Wildman–Crippen MR) is 93.2 cm³/mol. The van der Waals surface area contributed by atoms with Crippen LogP contribution in [0.2, 0.25) is 0 Å². The highest BCUT2D eigenvalue weighted by Gasteiger charge is 2.40. The lowest BCUT2D eigenvalue weighted by molar-refractivity contribution is 0.249. The summed E-state index contributed by atoms with van der Waals surface area (Å²) < 4.78 is 28.4. The van der Waals surface area contributed by atoms with Gasteiger partial charge >= 0.3 is 0 Å². The van der Waals surface area contributed by atoms with Crippen LogP contribution in [0.1, 0.15) is 29.9 Å². The van der Waals surface area contributed by atoms with Crippen LogP contribution in [-0.4, -0.2) is 40.9 Å². The van der Waals surface area contributed by atoms with E-state index in [0.29, 0.717) is 11.4 Å². The number of rotatable bonds is 2. The Kier molecular flexibility index (Phi) is 4.29. The molecule has 4 rings (SSSR count). The maximum atomic E-state index is 14.6. The summed E-state index contributed by atoms with van der Waals surface area (Å²) in [4.78, 5) is 6.92. The molecule has 0 saturated carbocycles. The summed E-state index contributed by atoms with van der Waals surface area (Å²) in [5, 5.41) is 16.8. The largest absolute Gasteiger partial charge is 0.306 e. The van der Waals surface area contributed by atoms with E-state index in [1.807, 2.05) is 0 Å². The maximum Gasteiger partial charge on any atom is 0.162 e. The maximum absolute atomic E-state index is 14.6. The summed E-state index contributed by atoms with van der Waals surface area (Å²) in [5.74, 6) is -2.37. The fraction of sp³-hybridized carbons (Fsp3) is 0.421. The molecule has 0 radical (unpaired) electrons. The molecule has 2 aliphatic heterocycles. The Balaban J connectivity index is 1.81. The topological polar surface area (TPSA) is 68.1 Å². The normalized spacial score (nSPS) is 24.0. The number of nitrogens with zero attached hydrogens (tertiary/aromatic N) is 4. The third kappa shape index (κ3) is 2.71. The third-order valence-electron chi connectivity index (χ3n) is 5.47. The Labute approximate surface area is 150 Å². The fourth-order valence-electron chi connectivity index (χ4n) is 4.05. The van der Waals surface area contributed by atoms with Gasteiger partial charge in [0.15, 0.2) is 17.5 Å². The SMILES string of the molecule is CN1CCC(C2=Nc3[nH]ncc3C(c3cccc(F)c3F)C2C#N)CC1. The van der Waals surface area contributed by atoms with Crippen LogP contribution in [-0.2, 0) is 0 Å². The average Bonchev–Trinajstić information content (AvgIpc) is 3.11. The van der Waals surface area contributed by atoms with Crippen LogP contribution in [0.4, 0.5) is 14.6 Å². The van der Waals surface area contributed by atoms with Gasteiger partial charge in [0.25, 0.3) is 0 Å². The first-order valence-electron chi connectivity index (χ1n) is 8.74. The number of aromatic nitrogens is 2. The molecular formula is C19H19F2N5. The lowest BCUT2D eigenvalue weighted by Crippen LogP contribution is -2.38. The Morgan fingerprint density at radius 1 is 1.23 bits per heavy atom. The van der Waals surface area contributed by atoms with E-state index in [1.54, 1.807) is 12.3 Å². The molecule has 1 N–H and O–H groups in total. The standard InChI is InChI=1S/C19H19F2N5/c1-26-7-5-11(6-8-26)18-13(9-22)16(14-10-23-25-19(14)24-18)12-3-2-4-15(20)17(12)21/h2-4,10-11,13,16H,5-8H2,1H3,(H,23,25). The number of aliphatic imine (C=N–C) groups is 1. The Hall–Kier alpha value is -2.59. The van der Waals surface area contributed by atoms with Gasteiger partial charge in [0.2, 0.25) is 0 Å². The van der Waals surface area contributed by atoms with E-state index in [1.165, 1.54) is 6.07 Å². The zero-order valence-corrected chi connectivity index (χ0v) is 14.4. The van der Waals surface area contributed by atoms with Crippen LogP contribution in [0, 0.1) is 34.8 Å². The van der Waals surface area contributed by atoms with Crippen molar-refractivity contribution in [3.63, 3.8) is 0 Å². The van der Waals surface area contributed by atoms with Crippen molar-refractivity contribution in [1.82, 2.24) is 15.1 Å². The number of nitriles is 1. The molecule has 2 unspecified atom stereocenters. The lowest BCUT2D eigenvalue weighted by Gasteiger charge is -2.35. The van der Waals surface area contributed by atoms with Gasteiger partial charge in [-0.3, -0.25) is 5.10 Å². The van der Waals surface area contributed by atoms with Crippen LogP contribution in [0.15, 0.2) is 29.4 Å². The molecule has 2 aromatic rings. The zero-order chi connectivity index (χ0) is 18.3. The highest BCUT2D eigenvalue weighted by molar-refractivity contribution is 5.96. The van der Waals surface area contributed by atoms with Gasteiger partial charge in [0.05, 0.1) is 18.2 Å².